The standard InChI is InChI=1S/C17H20N6O2/c1-5-23(3)16(24)11-6-7-13(14(8-11)25-4)21-17-20-10-12(9-18)15(19-2)22-17/h6-8,10H,5H2,1-4H3,(H2,19,20,21,22). The normalized spacial score (nSPS) is 9.88. The third kappa shape index (κ3) is 3.95. The average molecular weight is 340 g/mol. The topological polar surface area (TPSA) is 103 Å². The average Bonchev–Trinajstić information content (AvgIpc) is 2.66. The monoisotopic (exact) mass is 340 g/mol. The Bertz CT molecular complexity index is 815. The fourth-order valence-corrected chi connectivity index (χ4v) is 2.13. The second kappa shape index (κ2) is 7.97. The Morgan fingerprint density at radius 3 is 2.80 bits per heavy atom. The summed E-state index contributed by atoms with van der Waals surface area (Å²) in [5, 5.41) is 14.9. The maximum Gasteiger partial charge on any atom is 0.253 e. The number of nitriles is 1. The Morgan fingerprint density at radius 2 is 2.20 bits per heavy atom. The van der Waals surface area contributed by atoms with Crippen LogP contribution in [0.2, 0.25) is 0 Å². The van der Waals surface area contributed by atoms with Crippen molar-refractivity contribution < 1.29 is 9.53 Å². The van der Waals surface area contributed by atoms with E-state index < -0.39 is 0 Å². The highest BCUT2D eigenvalue weighted by molar-refractivity contribution is 5.95. The number of methoxy groups -OCH3 is 1. The highest BCUT2D eigenvalue weighted by Crippen LogP contribution is 2.28. The van der Waals surface area contributed by atoms with E-state index in [1.54, 1.807) is 37.2 Å². The number of ether oxygens (including phenoxy) is 1. The summed E-state index contributed by atoms with van der Waals surface area (Å²) < 4.78 is 5.37. The van der Waals surface area contributed by atoms with Crippen LogP contribution in [0.25, 0.3) is 0 Å². The van der Waals surface area contributed by atoms with Gasteiger partial charge in [-0.15, -0.1) is 0 Å². The molecule has 2 N–H and O–H groups in total. The molecule has 1 aromatic carbocycles. The van der Waals surface area contributed by atoms with Crippen LogP contribution < -0.4 is 15.4 Å². The number of carbonyl (C=O) groups is 1. The van der Waals surface area contributed by atoms with E-state index in [4.69, 9.17) is 10.00 Å². The SMILES string of the molecule is CCN(C)C(=O)c1ccc(Nc2ncc(C#N)c(NC)n2)c(OC)c1. The second-order valence-electron chi connectivity index (χ2n) is 5.18. The predicted molar refractivity (Wildman–Crippen MR) is 95.2 cm³/mol. The highest BCUT2D eigenvalue weighted by Gasteiger charge is 2.14. The molecule has 0 aliphatic carbocycles. The second-order valence-corrected chi connectivity index (χ2v) is 5.18. The number of nitrogens with zero attached hydrogens (tertiary/aromatic N) is 4. The number of anilines is 3. The van der Waals surface area contributed by atoms with Crippen molar-refractivity contribution in [3.8, 4) is 11.8 Å². The molecule has 1 heterocycles. The third-order valence-electron chi connectivity index (χ3n) is 3.66. The molecule has 0 aliphatic rings. The van der Waals surface area contributed by atoms with Crippen molar-refractivity contribution in [1.82, 2.24) is 14.9 Å². The van der Waals surface area contributed by atoms with Crippen molar-refractivity contribution in [2.75, 3.05) is 38.4 Å². The molecule has 8 nitrogen and oxygen atoms in total. The van der Waals surface area contributed by atoms with Gasteiger partial charge in [0.05, 0.1) is 19.0 Å². The lowest BCUT2D eigenvalue weighted by Gasteiger charge is -2.16. The number of hydrogen-bond donors (Lipinski definition) is 2. The van der Waals surface area contributed by atoms with Crippen molar-refractivity contribution in [3.05, 3.63) is 35.5 Å². The van der Waals surface area contributed by atoms with Gasteiger partial charge in [-0.05, 0) is 25.1 Å². The van der Waals surface area contributed by atoms with Gasteiger partial charge in [0.15, 0.2) is 0 Å². The van der Waals surface area contributed by atoms with Gasteiger partial charge in [0.2, 0.25) is 5.95 Å². The quantitative estimate of drug-likeness (QED) is 0.831. The minimum Gasteiger partial charge on any atom is -0.495 e. The number of hydrogen-bond acceptors (Lipinski definition) is 7. The summed E-state index contributed by atoms with van der Waals surface area (Å²) in [6.07, 6.45) is 1.43. The van der Waals surface area contributed by atoms with Gasteiger partial charge in [0, 0.05) is 26.2 Å². The molecule has 0 aliphatic heterocycles. The van der Waals surface area contributed by atoms with Crippen molar-refractivity contribution in [3.63, 3.8) is 0 Å². The molecule has 1 amide bonds. The van der Waals surface area contributed by atoms with Gasteiger partial charge in [-0.25, -0.2) is 4.98 Å². The molecule has 0 atom stereocenters. The van der Waals surface area contributed by atoms with E-state index in [1.165, 1.54) is 13.3 Å². The van der Waals surface area contributed by atoms with Gasteiger partial charge in [0.1, 0.15) is 23.2 Å². The molecule has 0 radical (unpaired) electrons. The molecule has 2 aromatic rings. The van der Waals surface area contributed by atoms with Crippen LogP contribution in [-0.2, 0) is 0 Å². The van der Waals surface area contributed by atoms with E-state index in [2.05, 4.69) is 20.6 Å². The van der Waals surface area contributed by atoms with Crippen molar-refractivity contribution >= 4 is 23.4 Å². The summed E-state index contributed by atoms with van der Waals surface area (Å²) in [5.41, 5.74) is 1.50. The van der Waals surface area contributed by atoms with Crippen LogP contribution in [0.5, 0.6) is 5.75 Å². The van der Waals surface area contributed by atoms with Crippen LogP contribution in [-0.4, -0.2) is 48.5 Å². The van der Waals surface area contributed by atoms with E-state index in [-0.39, 0.29) is 5.91 Å². The number of rotatable bonds is 6. The highest BCUT2D eigenvalue weighted by atomic mass is 16.5. The van der Waals surface area contributed by atoms with Crippen LogP contribution in [0.3, 0.4) is 0 Å². The maximum atomic E-state index is 12.3. The molecule has 0 bridgehead atoms. The number of aromatic nitrogens is 2. The molecule has 0 saturated carbocycles. The Morgan fingerprint density at radius 1 is 1.44 bits per heavy atom. The van der Waals surface area contributed by atoms with Crippen molar-refractivity contribution in [1.29, 1.82) is 5.26 Å². The number of nitrogens with one attached hydrogen (secondary N) is 2. The lowest BCUT2D eigenvalue weighted by atomic mass is 10.1. The van der Waals surface area contributed by atoms with E-state index in [1.807, 2.05) is 13.0 Å². The molecule has 25 heavy (non-hydrogen) atoms. The van der Waals surface area contributed by atoms with Crippen molar-refractivity contribution in [2.45, 2.75) is 6.92 Å². The minimum absolute atomic E-state index is 0.0838. The number of benzene rings is 1. The zero-order chi connectivity index (χ0) is 18.4. The van der Waals surface area contributed by atoms with Gasteiger partial charge in [-0.2, -0.15) is 10.2 Å². The zero-order valence-corrected chi connectivity index (χ0v) is 14.6. The largest absolute Gasteiger partial charge is 0.495 e. The maximum absolute atomic E-state index is 12.3. The fraction of sp³-hybridized carbons (Fsp3) is 0.294. The summed E-state index contributed by atoms with van der Waals surface area (Å²) in [5.74, 6) is 1.15. The summed E-state index contributed by atoms with van der Waals surface area (Å²) in [6, 6.07) is 7.12. The first-order chi connectivity index (χ1) is 12.0. The fourth-order valence-electron chi connectivity index (χ4n) is 2.13. The summed E-state index contributed by atoms with van der Waals surface area (Å²) in [6.45, 7) is 2.53. The molecule has 0 spiro atoms. The Kier molecular flexibility index (Phi) is 5.74. The molecule has 0 saturated heterocycles. The summed E-state index contributed by atoms with van der Waals surface area (Å²) in [4.78, 5) is 22.2. The minimum atomic E-state index is -0.0838. The Labute approximate surface area is 146 Å². The van der Waals surface area contributed by atoms with Gasteiger partial charge >= 0.3 is 0 Å². The predicted octanol–water partition coefficient (Wildman–Crippen LogP) is 2.23. The Balaban J connectivity index is 2.31. The zero-order valence-electron chi connectivity index (χ0n) is 14.6. The van der Waals surface area contributed by atoms with E-state index in [0.717, 1.165) is 0 Å². The molecular formula is C17H20N6O2. The molecular weight excluding hydrogens is 320 g/mol. The lowest BCUT2D eigenvalue weighted by Crippen LogP contribution is -2.26. The third-order valence-corrected chi connectivity index (χ3v) is 3.66. The van der Waals surface area contributed by atoms with Gasteiger partial charge in [0.25, 0.3) is 5.91 Å². The first-order valence-electron chi connectivity index (χ1n) is 7.69. The Hall–Kier alpha value is -3.34. The first-order valence-corrected chi connectivity index (χ1v) is 7.69. The number of amides is 1. The van der Waals surface area contributed by atoms with Gasteiger partial charge in [-0.3, -0.25) is 4.79 Å². The van der Waals surface area contributed by atoms with Gasteiger partial charge < -0.3 is 20.3 Å². The molecule has 8 heteroatoms. The smallest absolute Gasteiger partial charge is 0.253 e. The van der Waals surface area contributed by atoms with Crippen LogP contribution in [0.4, 0.5) is 17.5 Å². The van der Waals surface area contributed by atoms with E-state index in [9.17, 15) is 4.79 Å². The molecule has 0 fully saturated rings. The van der Waals surface area contributed by atoms with Crippen LogP contribution in [0.1, 0.15) is 22.8 Å². The van der Waals surface area contributed by atoms with Crippen LogP contribution in [0.15, 0.2) is 24.4 Å². The number of carbonyl (C=O) groups excluding carboxylic acids is 1. The van der Waals surface area contributed by atoms with E-state index in [0.29, 0.717) is 40.9 Å². The van der Waals surface area contributed by atoms with Crippen LogP contribution in [0, 0.1) is 11.3 Å². The lowest BCUT2D eigenvalue weighted by molar-refractivity contribution is 0.0802. The van der Waals surface area contributed by atoms with E-state index >= 15 is 0 Å². The first kappa shape index (κ1) is 18.0. The molecule has 1 aromatic heterocycles. The van der Waals surface area contributed by atoms with Crippen molar-refractivity contribution in [2.24, 2.45) is 0 Å². The van der Waals surface area contributed by atoms with Gasteiger partial charge in [-0.1, -0.05) is 0 Å². The van der Waals surface area contributed by atoms with Crippen LogP contribution >= 0.6 is 0 Å². The molecule has 0 unspecified atom stereocenters. The molecule has 2 rings (SSSR count). The summed E-state index contributed by atoms with van der Waals surface area (Å²) in [7, 11) is 4.94. The molecule has 130 valence electrons. The summed E-state index contributed by atoms with van der Waals surface area (Å²) >= 11 is 0.